The highest BCUT2D eigenvalue weighted by atomic mass is 14.9. The zero-order valence-corrected chi connectivity index (χ0v) is 13.0. The van der Waals surface area contributed by atoms with E-state index in [2.05, 4.69) is 47.6 Å². The molecule has 2 aromatic rings. The summed E-state index contributed by atoms with van der Waals surface area (Å²) in [6.45, 7) is 3.33. The first-order valence-corrected chi connectivity index (χ1v) is 8.45. The van der Waals surface area contributed by atoms with Crippen LogP contribution in [0.3, 0.4) is 0 Å². The molecule has 1 atom stereocenters. The summed E-state index contributed by atoms with van der Waals surface area (Å²) >= 11 is 0. The number of hydrogen-bond acceptors (Lipinski definition) is 2. The Hall–Kier alpha value is -1.41. The summed E-state index contributed by atoms with van der Waals surface area (Å²) in [5.74, 6) is 0.895. The van der Waals surface area contributed by atoms with Crippen LogP contribution in [0.15, 0.2) is 36.5 Å². The molecule has 21 heavy (non-hydrogen) atoms. The van der Waals surface area contributed by atoms with Crippen molar-refractivity contribution in [1.82, 2.24) is 10.3 Å². The molecular formula is C19H26N2. The van der Waals surface area contributed by atoms with Crippen LogP contribution in [0.25, 0.3) is 10.9 Å². The molecule has 0 spiro atoms. The van der Waals surface area contributed by atoms with E-state index >= 15 is 0 Å². The Morgan fingerprint density at radius 2 is 2.05 bits per heavy atom. The molecule has 1 aliphatic carbocycles. The zero-order valence-electron chi connectivity index (χ0n) is 13.0. The van der Waals surface area contributed by atoms with E-state index in [9.17, 15) is 0 Å². The van der Waals surface area contributed by atoms with Crippen molar-refractivity contribution in [2.24, 2.45) is 5.92 Å². The molecule has 1 heterocycles. The Balaban J connectivity index is 1.89. The maximum absolute atomic E-state index is 4.51. The predicted octanol–water partition coefficient (Wildman–Crippen LogP) is 4.86. The van der Waals surface area contributed by atoms with Crippen molar-refractivity contribution in [3.63, 3.8) is 0 Å². The van der Waals surface area contributed by atoms with Gasteiger partial charge in [0.15, 0.2) is 0 Å². The Morgan fingerprint density at radius 1 is 1.19 bits per heavy atom. The van der Waals surface area contributed by atoms with E-state index < -0.39 is 0 Å². The van der Waals surface area contributed by atoms with Crippen LogP contribution >= 0.6 is 0 Å². The van der Waals surface area contributed by atoms with Gasteiger partial charge in [-0.3, -0.25) is 4.98 Å². The Labute approximate surface area is 128 Å². The highest BCUT2D eigenvalue weighted by molar-refractivity contribution is 5.82. The highest BCUT2D eigenvalue weighted by Gasteiger charge is 2.22. The summed E-state index contributed by atoms with van der Waals surface area (Å²) < 4.78 is 0. The van der Waals surface area contributed by atoms with E-state index in [-0.39, 0.29) is 0 Å². The lowest BCUT2D eigenvalue weighted by atomic mass is 9.91. The van der Waals surface area contributed by atoms with E-state index in [0.29, 0.717) is 6.04 Å². The quantitative estimate of drug-likeness (QED) is 0.818. The lowest BCUT2D eigenvalue weighted by Crippen LogP contribution is -2.24. The summed E-state index contributed by atoms with van der Waals surface area (Å²) in [6, 6.07) is 11.3. The van der Waals surface area contributed by atoms with Crippen LogP contribution in [0.4, 0.5) is 0 Å². The van der Waals surface area contributed by atoms with Gasteiger partial charge in [0, 0.05) is 17.6 Å². The molecule has 3 rings (SSSR count). The smallest absolute Gasteiger partial charge is 0.0705 e. The van der Waals surface area contributed by atoms with Crippen molar-refractivity contribution in [2.75, 3.05) is 6.54 Å². The molecule has 2 heteroatoms. The summed E-state index contributed by atoms with van der Waals surface area (Å²) in [4.78, 5) is 4.51. The Kier molecular flexibility index (Phi) is 4.87. The number of aromatic nitrogens is 1. The molecule has 0 radical (unpaired) electrons. The fourth-order valence-electron chi connectivity index (χ4n) is 3.65. The van der Waals surface area contributed by atoms with E-state index in [0.717, 1.165) is 18.0 Å². The van der Waals surface area contributed by atoms with Gasteiger partial charge in [0.25, 0.3) is 0 Å². The number of benzene rings is 1. The van der Waals surface area contributed by atoms with Crippen molar-refractivity contribution in [3.8, 4) is 0 Å². The van der Waals surface area contributed by atoms with Gasteiger partial charge in [-0.15, -0.1) is 0 Å². The van der Waals surface area contributed by atoms with Crippen molar-refractivity contribution < 1.29 is 0 Å². The molecule has 112 valence electrons. The maximum Gasteiger partial charge on any atom is 0.0705 e. The topological polar surface area (TPSA) is 24.9 Å². The molecule has 0 aliphatic heterocycles. The number of pyridine rings is 1. The van der Waals surface area contributed by atoms with Crippen LogP contribution < -0.4 is 5.32 Å². The molecule has 1 aliphatic rings. The third-order valence-electron chi connectivity index (χ3n) is 4.74. The number of hydrogen-bond donors (Lipinski definition) is 1. The maximum atomic E-state index is 4.51. The van der Waals surface area contributed by atoms with Crippen molar-refractivity contribution >= 4 is 10.9 Å². The van der Waals surface area contributed by atoms with Gasteiger partial charge < -0.3 is 5.32 Å². The normalized spacial score (nSPS) is 17.4. The van der Waals surface area contributed by atoms with Crippen LogP contribution in [0.5, 0.6) is 0 Å². The first-order chi connectivity index (χ1) is 10.4. The molecule has 0 bridgehead atoms. The average Bonchev–Trinajstić information content (AvgIpc) is 3.04. The minimum Gasteiger partial charge on any atom is -0.310 e. The zero-order chi connectivity index (χ0) is 14.5. The second-order valence-corrected chi connectivity index (χ2v) is 6.31. The Bertz CT molecular complexity index is 567. The lowest BCUT2D eigenvalue weighted by Gasteiger charge is -2.23. The molecule has 1 unspecified atom stereocenters. The van der Waals surface area contributed by atoms with Gasteiger partial charge in [0.1, 0.15) is 0 Å². The van der Waals surface area contributed by atoms with Crippen LogP contribution in [-0.2, 0) is 0 Å². The second kappa shape index (κ2) is 7.04. The van der Waals surface area contributed by atoms with E-state index in [4.69, 9.17) is 0 Å². The van der Waals surface area contributed by atoms with Gasteiger partial charge >= 0.3 is 0 Å². The van der Waals surface area contributed by atoms with Crippen LogP contribution in [0, 0.1) is 5.92 Å². The van der Waals surface area contributed by atoms with Gasteiger partial charge in [-0.2, -0.15) is 0 Å². The van der Waals surface area contributed by atoms with E-state index in [1.165, 1.54) is 49.5 Å². The minimum atomic E-state index is 0.473. The number of rotatable bonds is 6. The average molecular weight is 282 g/mol. The summed E-state index contributed by atoms with van der Waals surface area (Å²) in [7, 11) is 0. The van der Waals surface area contributed by atoms with Crippen molar-refractivity contribution in [1.29, 1.82) is 0 Å². The van der Waals surface area contributed by atoms with Gasteiger partial charge in [-0.05, 0) is 43.0 Å². The molecule has 1 saturated carbocycles. The second-order valence-electron chi connectivity index (χ2n) is 6.31. The summed E-state index contributed by atoms with van der Waals surface area (Å²) in [5.41, 5.74) is 2.55. The summed E-state index contributed by atoms with van der Waals surface area (Å²) in [5, 5.41) is 5.09. The Morgan fingerprint density at radius 3 is 2.86 bits per heavy atom. The standard InChI is InChI=1S/C19H26N2/c1-2-12-20-19(14-15-7-3-4-8-15)17-9-5-11-18-16(17)10-6-13-21-18/h5-6,9-11,13,15,19-20H,2-4,7-8,12,14H2,1H3. The molecule has 2 nitrogen and oxygen atoms in total. The van der Waals surface area contributed by atoms with Crippen LogP contribution in [0.1, 0.15) is 57.1 Å². The van der Waals surface area contributed by atoms with Crippen molar-refractivity contribution in [2.45, 2.75) is 51.5 Å². The third kappa shape index (κ3) is 3.44. The fraction of sp³-hybridized carbons (Fsp3) is 0.526. The molecule has 1 aromatic heterocycles. The number of nitrogens with zero attached hydrogens (tertiary/aromatic N) is 1. The molecule has 1 aromatic carbocycles. The van der Waals surface area contributed by atoms with Gasteiger partial charge in [-0.25, -0.2) is 0 Å². The van der Waals surface area contributed by atoms with E-state index in [1.54, 1.807) is 0 Å². The molecule has 1 N–H and O–H groups in total. The first-order valence-electron chi connectivity index (χ1n) is 8.45. The lowest BCUT2D eigenvalue weighted by molar-refractivity contribution is 0.397. The van der Waals surface area contributed by atoms with Crippen molar-refractivity contribution in [3.05, 3.63) is 42.1 Å². The number of nitrogens with one attached hydrogen (secondary N) is 1. The summed E-state index contributed by atoms with van der Waals surface area (Å²) in [6.07, 6.45) is 10.0. The molecule has 1 fully saturated rings. The highest BCUT2D eigenvalue weighted by Crippen LogP contribution is 2.34. The first kappa shape index (κ1) is 14.5. The monoisotopic (exact) mass is 282 g/mol. The van der Waals surface area contributed by atoms with Gasteiger partial charge in [0.2, 0.25) is 0 Å². The molecule has 0 saturated heterocycles. The van der Waals surface area contributed by atoms with Gasteiger partial charge in [0.05, 0.1) is 5.52 Å². The van der Waals surface area contributed by atoms with Gasteiger partial charge in [-0.1, -0.05) is 50.8 Å². The predicted molar refractivity (Wildman–Crippen MR) is 89.4 cm³/mol. The number of fused-ring (bicyclic) bond motifs is 1. The molecular weight excluding hydrogens is 256 g/mol. The molecule has 0 amide bonds. The third-order valence-corrected chi connectivity index (χ3v) is 4.74. The van der Waals surface area contributed by atoms with Crippen LogP contribution in [0.2, 0.25) is 0 Å². The van der Waals surface area contributed by atoms with E-state index in [1.807, 2.05) is 6.20 Å². The minimum absolute atomic E-state index is 0.473. The van der Waals surface area contributed by atoms with Crippen LogP contribution in [-0.4, -0.2) is 11.5 Å². The fourth-order valence-corrected chi connectivity index (χ4v) is 3.65. The largest absolute Gasteiger partial charge is 0.310 e. The SMILES string of the molecule is CCCNC(CC1CCCC1)c1cccc2ncccc12.